The zero-order valence-corrected chi connectivity index (χ0v) is 8.80. The van der Waals surface area contributed by atoms with Crippen molar-refractivity contribution in [1.82, 2.24) is 0 Å². The summed E-state index contributed by atoms with van der Waals surface area (Å²) in [6.45, 7) is 0. The molecule has 0 fully saturated rings. The molecular weight excluding hydrogens is 198 g/mol. The molecule has 0 unspecified atom stereocenters. The number of aliphatic hydroxyl groups is 1. The molecule has 1 aliphatic rings. The lowest BCUT2D eigenvalue weighted by Crippen LogP contribution is -2.24. The Morgan fingerprint density at radius 1 is 0.812 bits per heavy atom. The Morgan fingerprint density at radius 2 is 1.31 bits per heavy atom. The highest BCUT2D eigenvalue weighted by molar-refractivity contribution is 5.74. The van der Waals surface area contributed by atoms with Crippen molar-refractivity contribution in [1.29, 1.82) is 0 Å². The molecule has 0 saturated heterocycles. The van der Waals surface area contributed by atoms with E-state index in [1.54, 1.807) is 0 Å². The lowest BCUT2D eigenvalue weighted by molar-refractivity contribution is 0.145. The molecule has 3 N–H and O–H groups in total. The van der Waals surface area contributed by atoms with E-state index in [0.29, 0.717) is 0 Å². The van der Waals surface area contributed by atoms with E-state index < -0.39 is 6.10 Å². The molecule has 0 radical (unpaired) electrons. The predicted octanol–water partition coefficient (Wildman–Crippen LogP) is 2.40. The first kappa shape index (κ1) is 9.58. The Labute approximate surface area is 94.3 Å². The monoisotopic (exact) mass is 211 g/mol. The first-order valence-corrected chi connectivity index (χ1v) is 5.41. The molecule has 2 nitrogen and oxygen atoms in total. The molecule has 0 heterocycles. The second-order valence-electron chi connectivity index (χ2n) is 4.15. The van der Waals surface area contributed by atoms with Crippen LogP contribution in [0.4, 0.5) is 0 Å². The van der Waals surface area contributed by atoms with Crippen molar-refractivity contribution in [2.75, 3.05) is 0 Å². The van der Waals surface area contributed by atoms with Crippen molar-refractivity contribution in [3.05, 3.63) is 59.7 Å². The van der Waals surface area contributed by atoms with E-state index in [1.807, 2.05) is 42.5 Å². The molecule has 2 heteroatoms. The number of rotatable bonds is 0. The van der Waals surface area contributed by atoms with Crippen LogP contribution < -0.4 is 5.73 Å². The molecule has 0 bridgehead atoms. The summed E-state index contributed by atoms with van der Waals surface area (Å²) < 4.78 is 0. The van der Waals surface area contributed by atoms with Gasteiger partial charge in [-0.15, -0.1) is 0 Å². The molecule has 2 aromatic rings. The van der Waals surface area contributed by atoms with Gasteiger partial charge in [-0.1, -0.05) is 48.5 Å². The molecule has 3 rings (SSSR count). The summed E-state index contributed by atoms with van der Waals surface area (Å²) >= 11 is 0. The highest BCUT2D eigenvalue weighted by Gasteiger charge is 2.28. The van der Waals surface area contributed by atoms with Crippen molar-refractivity contribution >= 4 is 0 Å². The molecule has 0 aromatic heterocycles. The maximum absolute atomic E-state index is 10.2. The van der Waals surface area contributed by atoms with Gasteiger partial charge >= 0.3 is 0 Å². The van der Waals surface area contributed by atoms with Crippen LogP contribution in [0, 0.1) is 0 Å². The molecule has 0 aliphatic heterocycles. The normalized spacial score (nSPS) is 22.4. The van der Waals surface area contributed by atoms with Crippen molar-refractivity contribution in [3.8, 4) is 11.1 Å². The van der Waals surface area contributed by atoms with Crippen LogP contribution in [0.15, 0.2) is 48.5 Å². The van der Waals surface area contributed by atoms with Gasteiger partial charge < -0.3 is 10.8 Å². The SMILES string of the molecule is N[C@@H]1c2ccccc2-c2ccccc2[C@@H]1O. The lowest BCUT2D eigenvalue weighted by Gasteiger charge is -2.29. The van der Waals surface area contributed by atoms with E-state index in [9.17, 15) is 5.11 Å². The largest absolute Gasteiger partial charge is 0.386 e. The summed E-state index contributed by atoms with van der Waals surface area (Å²) in [4.78, 5) is 0. The summed E-state index contributed by atoms with van der Waals surface area (Å²) in [5, 5.41) is 10.2. The highest BCUT2D eigenvalue weighted by atomic mass is 16.3. The number of benzene rings is 2. The Kier molecular flexibility index (Phi) is 2.06. The van der Waals surface area contributed by atoms with E-state index in [0.717, 1.165) is 22.3 Å². The van der Waals surface area contributed by atoms with E-state index in [2.05, 4.69) is 6.07 Å². The minimum absolute atomic E-state index is 0.328. The third-order valence-corrected chi connectivity index (χ3v) is 3.23. The number of aliphatic hydroxyl groups excluding tert-OH is 1. The summed E-state index contributed by atoms with van der Waals surface area (Å²) in [6.07, 6.45) is -0.605. The van der Waals surface area contributed by atoms with Gasteiger partial charge in [-0.25, -0.2) is 0 Å². The third kappa shape index (κ3) is 1.21. The minimum Gasteiger partial charge on any atom is -0.386 e. The van der Waals surface area contributed by atoms with Crippen LogP contribution in [0.25, 0.3) is 11.1 Å². The van der Waals surface area contributed by atoms with Crippen molar-refractivity contribution in [2.45, 2.75) is 12.1 Å². The van der Waals surface area contributed by atoms with Crippen LogP contribution in [0.3, 0.4) is 0 Å². The lowest BCUT2D eigenvalue weighted by atomic mass is 9.81. The standard InChI is InChI=1S/C14H13NO/c15-13-11-7-3-1-5-9(11)10-6-2-4-8-12(10)14(13)16/h1-8,13-14,16H,15H2/t13-,14+/m1/s1. The van der Waals surface area contributed by atoms with Gasteiger partial charge in [0.2, 0.25) is 0 Å². The van der Waals surface area contributed by atoms with E-state index in [-0.39, 0.29) is 6.04 Å². The number of hydrogen-bond donors (Lipinski definition) is 2. The molecule has 80 valence electrons. The van der Waals surface area contributed by atoms with Crippen LogP contribution in [0.2, 0.25) is 0 Å². The fourth-order valence-electron chi connectivity index (χ4n) is 2.40. The Hall–Kier alpha value is -1.64. The van der Waals surface area contributed by atoms with Gasteiger partial charge in [0.15, 0.2) is 0 Å². The maximum Gasteiger partial charge on any atom is 0.0988 e. The van der Waals surface area contributed by atoms with Crippen LogP contribution >= 0.6 is 0 Å². The molecule has 16 heavy (non-hydrogen) atoms. The van der Waals surface area contributed by atoms with Gasteiger partial charge in [0.05, 0.1) is 12.1 Å². The second-order valence-corrected chi connectivity index (χ2v) is 4.15. The van der Waals surface area contributed by atoms with Gasteiger partial charge in [0.25, 0.3) is 0 Å². The summed E-state index contributed by atoms with van der Waals surface area (Å²) in [6, 6.07) is 15.6. The third-order valence-electron chi connectivity index (χ3n) is 3.23. The van der Waals surface area contributed by atoms with Crippen molar-refractivity contribution in [3.63, 3.8) is 0 Å². The van der Waals surface area contributed by atoms with E-state index in [1.165, 1.54) is 0 Å². The van der Waals surface area contributed by atoms with Crippen LogP contribution in [0.1, 0.15) is 23.3 Å². The molecule has 0 spiro atoms. The zero-order chi connectivity index (χ0) is 11.1. The summed E-state index contributed by atoms with van der Waals surface area (Å²) in [7, 11) is 0. The van der Waals surface area contributed by atoms with Crippen LogP contribution in [0.5, 0.6) is 0 Å². The minimum atomic E-state index is -0.605. The number of fused-ring (bicyclic) bond motifs is 3. The first-order valence-electron chi connectivity index (χ1n) is 5.41. The predicted molar refractivity (Wildman–Crippen MR) is 63.8 cm³/mol. The number of hydrogen-bond acceptors (Lipinski definition) is 2. The van der Waals surface area contributed by atoms with Crippen molar-refractivity contribution in [2.24, 2.45) is 5.73 Å². The average molecular weight is 211 g/mol. The Morgan fingerprint density at radius 3 is 2.00 bits per heavy atom. The van der Waals surface area contributed by atoms with Gasteiger partial charge in [-0.3, -0.25) is 0 Å². The first-order chi connectivity index (χ1) is 7.79. The molecular formula is C14H13NO. The smallest absolute Gasteiger partial charge is 0.0988 e. The highest BCUT2D eigenvalue weighted by Crippen LogP contribution is 2.42. The topological polar surface area (TPSA) is 46.2 Å². The van der Waals surface area contributed by atoms with Gasteiger partial charge in [0, 0.05) is 0 Å². The van der Waals surface area contributed by atoms with Crippen LogP contribution in [-0.4, -0.2) is 5.11 Å². The Bertz CT molecular complexity index is 486. The van der Waals surface area contributed by atoms with Crippen molar-refractivity contribution < 1.29 is 5.11 Å². The quantitative estimate of drug-likeness (QED) is 0.703. The molecule has 2 aromatic carbocycles. The summed E-state index contributed by atoms with van der Waals surface area (Å²) in [5.41, 5.74) is 10.2. The fraction of sp³-hybridized carbons (Fsp3) is 0.143. The maximum atomic E-state index is 10.2. The van der Waals surface area contributed by atoms with Gasteiger partial charge in [-0.05, 0) is 22.3 Å². The average Bonchev–Trinajstić information content (AvgIpc) is 2.36. The molecule has 0 amide bonds. The Balaban J connectivity index is 2.33. The second kappa shape index (κ2) is 3.44. The van der Waals surface area contributed by atoms with Gasteiger partial charge in [0.1, 0.15) is 0 Å². The molecule has 0 saturated carbocycles. The number of nitrogens with two attached hydrogens (primary N) is 1. The molecule has 2 atom stereocenters. The summed E-state index contributed by atoms with van der Waals surface area (Å²) in [5.74, 6) is 0. The van der Waals surface area contributed by atoms with Crippen LogP contribution in [-0.2, 0) is 0 Å². The van der Waals surface area contributed by atoms with E-state index in [4.69, 9.17) is 5.73 Å². The zero-order valence-electron chi connectivity index (χ0n) is 8.80. The molecule has 1 aliphatic carbocycles. The van der Waals surface area contributed by atoms with E-state index >= 15 is 0 Å². The fourth-order valence-corrected chi connectivity index (χ4v) is 2.40. The van der Waals surface area contributed by atoms with Gasteiger partial charge in [-0.2, -0.15) is 0 Å².